The molecule has 0 saturated carbocycles. The van der Waals surface area contributed by atoms with Gasteiger partial charge in [0.05, 0.1) is 18.1 Å². The number of allylic oxidation sites excluding steroid dienone is 1. The predicted molar refractivity (Wildman–Crippen MR) is 144 cm³/mol. The van der Waals surface area contributed by atoms with E-state index in [4.69, 9.17) is 14.5 Å². The number of piperazine rings is 1. The number of aromatic nitrogens is 3. The summed E-state index contributed by atoms with van der Waals surface area (Å²) in [7, 11) is 3.46. The number of carbonyl (C=O) groups is 1. The van der Waals surface area contributed by atoms with Gasteiger partial charge in [0.25, 0.3) is 0 Å². The molecule has 2 saturated heterocycles. The minimum Gasteiger partial charge on any atom is -0.496 e. The molecule has 4 heterocycles. The number of rotatable bonds is 8. The summed E-state index contributed by atoms with van der Waals surface area (Å²) in [6, 6.07) is 5.96. The maximum absolute atomic E-state index is 15.6. The Morgan fingerprint density at radius 1 is 1.13 bits per heavy atom. The van der Waals surface area contributed by atoms with Crippen LogP contribution in [0.15, 0.2) is 36.5 Å². The SMILES string of the molecule is COc1cccc(F)c1-c1nc2nc(OC[C@@H]3CCCN3C)nc(N3CCN(C=CC=O)C[C@H]3C)c2cc1F. The highest BCUT2D eigenvalue weighted by Crippen LogP contribution is 2.36. The third-order valence-electron chi connectivity index (χ3n) is 7.41. The summed E-state index contributed by atoms with van der Waals surface area (Å²) in [6.45, 7) is 5.31. The van der Waals surface area contributed by atoms with Crippen molar-refractivity contribution in [3.63, 3.8) is 0 Å². The van der Waals surface area contributed by atoms with Gasteiger partial charge in [0.2, 0.25) is 0 Å². The van der Waals surface area contributed by atoms with Gasteiger partial charge in [0.15, 0.2) is 11.5 Å². The number of ether oxygens (including phenoxy) is 2. The molecular formula is C28H32F2N6O3. The van der Waals surface area contributed by atoms with Crippen molar-refractivity contribution in [1.29, 1.82) is 0 Å². The van der Waals surface area contributed by atoms with Crippen LogP contribution in [0.4, 0.5) is 14.6 Å². The van der Waals surface area contributed by atoms with E-state index in [9.17, 15) is 9.18 Å². The number of methoxy groups -OCH3 is 1. The number of likely N-dealkylation sites (tertiary alicyclic amines) is 1. The average Bonchev–Trinajstić information content (AvgIpc) is 3.34. The first-order valence-corrected chi connectivity index (χ1v) is 13.1. The lowest BCUT2D eigenvalue weighted by atomic mass is 10.1. The molecule has 2 aromatic heterocycles. The first-order valence-electron chi connectivity index (χ1n) is 13.1. The van der Waals surface area contributed by atoms with Crippen molar-refractivity contribution >= 4 is 23.1 Å². The van der Waals surface area contributed by atoms with Crippen LogP contribution in [0.2, 0.25) is 0 Å². The van der Waals surface area contributed by atoms with Crippen LogP contribution in [-0.2, 0) is 4.79 Å². The number of hydrogen-bond acceptors (Lipinski definition) is 9. The lowest BCUT2D eigenvalue weighted by Crippen LogP contribution is -2.50. The molecule has 2 atom stereocenters. The van der Waals surface area contributed by atoms with Crippen molar-refractivity contribution in [1.82, 2.24) is 24.8 Å². The molecule has 0 amide bonds. The van der Waals surface area contributed by atoms with E-state index in [1.165, 1.54) is 31.4 Å². The molecule has 5 rings (SSSR count). The molecule has 2 aliphatic rings. The highest BCUT2D eigenvalue weighted by atomic mass is 19.1. The van der Waals surface area contributed by atoms with E-state index in [2.05, 4.69) is 26.8 Å². The number of fused-ring (bicyclic) bond motifs is 1. The van der Waals surface area contributed by atoms with Gasteiger partial charge in [-0.1, -0.05) is 6.07 Å². The summed E-state index contributed by atoms with van der Waals surface area (Å²) in [5, 5.41) is 0.403. The fraction of sp³-hybridized carbons (Fsp3) is 0.429. The Balaban J connectivity index is 1.58. The molecule has 1 aromatic carbocycles. The summed E-state index contributed by atoms with van der Waals surface area (Å²) in [6.07, 6.45) is 6.10. The molecule has 39 heavy (non-hydrogen) atoms. The zero-order valence-electron chi connectivity index (χ0n) is 22.3. The van der Waals surface area contributed by atoms with Crippen LogP contribution < -0.4 is 14.4 Å². The lowest BCUT2D eigenvalue weighted by molar-refractivity contribution is -0.104. The summed E-state index contributed by atoms with van der Waals surface area (Å²) < 4.78 is 41.8. The molecule has 0 bridgehead atoms. The lowest BCUT2D eigenvalue weighted by Gasteiger charge is -2.40. The molecule has 2 aliphatic heterocycles. The van der Waals surface area contributed by atoms with Crippen molar-refractivity contribution in [2.24, 2.45) is 0 Å². The van der Waals surface area contributed by atoms with Crippen LogP contribution in [0, 0.1) is 11.6 Å². The van der Waals surface area contributed by atoms with Crippen molar-refractivity contribution in [2.75, 3.05) is 51.8 Å². The maximum Gasteiger partial charge on any atom is 0.320 e. The van der Waals surface area contributed by atoms with Gasteiger partial charge in [0, 0.05) is 37.9 Å². The Kier molecular flexibility index (Phi) is 7.87. The smallest absolute Gasteiger partial charge is 0.320 e. The van der Waals surface area contributed by atoms with E-state index in [0.717, 1.165) is 25.7 Å². The number of benzene rings is 1. The molecular weight excluding hydrogens is 506 g/mol. The Morgan fingerprint density at radius 3 is 2.69 bits per heavy atom. The van der Waals surface area contributed by atoms with Crippen LogP contribution in [0.5, 0.6) is 11.8 Å². The van der Waals surface area contributed by atoms with Crippen molar-refractivity contribution < 1.29 is 23.0 Å². The Labute approximate surface area is 226 Å². The Bertz CT molecular complexity index is 1390. The first-order chi connectivity index (χ1) is 18.9. The van der Waals surface area contributed by atoms with Gasteiger partial charge in [-0.2, -0.15) is 9.97 Å². The first kappa shape index (κ1) is 26.7. The predicted octanol–water partition coefficient (Wildman–Crippen LogP) is 3.67. The molecule has 206 valence electrons. The van der Waals surface area contributed by atoms with Crippen LogP contribution >= 0.6 is 0 Å². The number of hydrogen-bond donors (Lipinski definition) is 0. The largest absolute Gasteiger partial charge is 0.496 e. The zero-order chi connectivity index (χ0) is 27.5. The molecule has 0 radical (unpaired) electrons. The maximum atomic E-state index is 15.6. The molecule has 0 unspecified atom stereocenters. The third kappa shape index (κ3) is 5.49. The minimum atomic E-state index is -0.711. The second-order valence-electron chi connectivity index (χ2n) is 9.94. The quantitative estimate of drug-likeness (QED) is 0.315. The van der Waals surface area contributed by atoms with Crippen LogP contribution in [0.3, 0.4) is 0 Å². The van der Waals surface area contributed by atoms with Gasteiger partial charge in [0.1, 0.15) is 36.0 Å². The molecule has 2 fully saturated rings. The fourth-order valence-corrected chi connectivity index (χ4v) is 5.31. The normalized spacial score (nSPS) is 20.2. The van der Waals surface area contributed by atoms with E-state index < -0.39 is 11.6 Å². The molecule has 9 nitrogen and oxygen atoms in total. The Hall–Kier alpha value is -3.86. The third-order valence-corrected chi connectivity index (χ3v) is 7.41. The van der Waals surface area contributed by atoms with Gasteiger partial charge in [-0.15, -0.1) is 0 Å². The number of anilines is 1. The summed E-state index contributed by atoms with van der Waals surface area (Å²) >= 11 is 0. The highest BCUT2D eigenvalue weighted by molar-refractivity contribution is 5.90. The van der Waals surface area contributed by atoms with E-state index in [1.54, 1.807) is 12.3 Å². The second-order valence-corrected chi connectivity index (χ2v) is 9.94. The van der Waals surface area contributed by atoms with Crippen molar-refractivity contribution in [3.8, 4) is 23.0 Å². The molecule has 3 aromatic rings. The van der Waals surface area contributed by atoms with Crippen LogP contribution in [-0.4, -0.2) is 90.1 Å². The second kappa shape index (κ2) is 11.5. The van der Waals surface area contributed by atoms with E-state index in [-0.39, 0.29) is 40.7 Å². The van der Waals surface area contributed by atoms with Crippen molar-refractivity contribution in [2.45, 2.75) is 31.8 Å². The van der Waals surface area contributed by atoms with Crippen LogP contribution in [0.1, 0.15) is 19.8 Å². The van der Waals surface area contributed by atoms with E-state index >= 15 is 4.39 Å². The summed E-state index contributed by atoms with van der Waals surface area (Å²) in [4.78, 5) is 30.9. The van der Waals surface area contributed by atoms with Gasteiger partial charge < -0.3 is 24.2 Å². The zero-order valence-corrected chi connectivity index (χ0v) is 22.3. The van der Waals surface area contributed by atoms with Gasteiger partial charge in [-0.05, 0) is 57.6 Å². The molecule has 0 N–H and O–H groups in total. The van der Waals surface area contributed by atoms with E-state index in [0.29, 0.717) is 37.4 Å². The summed E-state index contributed by atoms with van der Waals surface area (Å²) in [5.74, 6) is -0.691. The topological polar surface area (TPSA) is 83.9 Å². The number of halogens is 2. The summed E-state index contributed by atoms with van der Waals surface area (Å²) in [5.41, 5.74) is -0.0639. The number of carbonyl (C=O) groups excluding carboxylic acids is 1. The fourth-order valence-electron chi connectivity index (χ4n) is 5.31. The standard InChI is InChI=1S/C28H32F2N6O3/c1-18-16-35(11-6-14-37)12-13-36(18)27-20-15-22(30)25(24-21(29)8-4-9-23(24)38-3)31-26(20)32-28(33-27)39-17-19-7-5-10-34(19)2/h4,6,8-9,11,14-15,18-19H,5,7,10,12-13,16-17H2,1-3H3/t18-,19+/m1/s1. The Morgan fingerprint density at radius 2 is 1.97 bits per heavy atom. The monoisotopic (exact) mass is 538 g/mol. The van der Waals surface area contributed by atoms with E-state index in [1.807, 2.05) is 11.8 Å². The average molecular weight is 539 g/mol. The number of aldehydes is 1. The number of nitrogens with zero attached hydrogens (tertiary/aromatic N) is 6. The molecule has 0 aliphatic carbocycles. The molecule has 11 heteroatoms. The van der Waals surface area contributed by atoms with Gasteiger partial charge in [-0.25, -0.2) is 13.8 Å². The molecule has 0 spiro atoms. The number of likely N-dealkylation sites (N-methyl/N-ethyl adjacent to an activating group) is 1. The highest BCUT2D eigenvalue weighted by Gasteiger charge is 2.28. The van der Waals surface area contributed by atoms with Crippen molar-refractivity contribution in [3.05, 3.63) is 48.2 Å². The van der Waals surface area contributed by atoms with Gasteiger partial charge in [-0.3, -0.25) is 4.79 Å². The van der Waals surface area contributed by atoms with Gasteiger partial charge >= 0.3 is 6.01 Å². The van der Waals surface area contributed by atoms with Crippen LogP contribution in [0.25, 0.3) is 22.3 Å². The number of pyridine rings is 1. The minimum absolute atomic E-state index is 0.0173.